The molecule has 4 aliphatic rings. The smallest absolute Gasteiger partial charge is 0.159 e. The number of carbonyl (C=O) groups is 1. The molecule has 0 aliphatic heterocycles. The number of hydrogen-bond donors (Lipinski definition) is 0. The minimum absolute atomic E-state index is 0. The zero-order chi connectivity index (χ0) is 18.5. The molecule has 0 amide bonds. The van der Waals surface area contributed by atoms with Gasteiger partial charge in [0.15, 0.2) is 5.78 Å². The van der Waals surface area contributed by atoms with Crippen molar-refractivity contribution in [2.45, 2.75) is 92.9 Å². The van der Waals surface area contributed by atoms with Gasteiger partial charge >= 0.3 is 0 Å². The summed E-state index contributed by atoms with van der Waals surface area (Å²) in [5.41, 5.74) is 2.51. The van der Waals surface area contributed by atoms with Gasteiger partial charge in [-0.1, -0.05) is 59.3 Å². The van der Waals surface area contributed by atoms with Gasteiger partial charge in [0.05, 0.1) is 0 Å². The molecule has 0 radical (unpaired) electrons. The Kier molecular flexibility index (Phi) is 5.82. The second kappa shape index (κ2) is 7.53. The van der Waals surface area contributed by atoms with Crippen LogP contribution in [0.2, 0.25) is 0 Å². The van der Waals surface area contributed by atoms with Crippen LogP contribution < -0.4 is 0 Å². The van der Waals surface area contributed by atoms with Gasteiger partial charge < -0.3 is 0 Å². The van der Waals surface area contributed by atoms with E-state index in [0.29, 0.717) is 17.1 Å². The normalized spacial score (nSPS) is 43.5. The molecule has 0 bridgehead atoms. The van der Waals surface area contributed by atoms with Crippen LogP contribution in [0.5, 0.6) is 0 Å². The third kappa shape index (κ3) is 3.28. The van der Waals surface area contributed by atoms with Crippen LogP contribution in [0.15, 0.2) is 23.8 Å². The molecule has 0 aromatic carbocycles. The number of hydrogen-bond acceptors (Lipinski definition) is 1. The topological polar surface area (TPSA) is 17.1 Å². The maximum atomic E-state index is 13.0. The highest BCUT2D eigenvalue weighted by molar-refractivity contribution is 5.92. The standard InChI is InChI=1S/C25H38O.CH4/c1-17(2)8-13-23(26)22-12-11-20-19-10-9-18-7-5-6-15-24(18,3)21(19)14-16-25(20,22)4;/h8-9,13,17,19-22H,5-7,10-12,14-16H2,1-4H3;1H4/b13-8+;. The maximum absolute atomic E-state index is 13.0. The Balaban J connectivity index is 0.00000210. The molecule has 0 aromatic heterocycles. The molecular formula is C26H42O. The van der Waals surface area contributed by atoms with Gasteiger partial charge in [-0.2, -0.15) is 0 Å². The van der Waals surface area contributed by atoms with Crippen molar-refractivity contribution in [1.82, 2.24) is 0 Å². The van der Waals surface area contributed by atoms with Crippen molar-refractivity contribution in [3.05, 3.63) is 23.8 Å². The van der Waals surface area contributed by atoms with Crippen molar-refractivity contribution >= 4 is 5.78 Å². The predicted molar refractivity (Wildman–Crippen MR) is 116 cm³/mol. The summed E-state index contributed by atoms with van der Waals surface area (Å²) >= 11 is 0. The number of allylic oxidation sites excluding steroid dienone is 4. The summed E-state index contributed by atoms with van der Waals surface area (Å²) in [7, 11) is 0. The monoisotopic (exact) mass is 370 g/mol. The van der Waals surface area contributed by atoms with Gasteiger partial charge in [-0.15, -0.1) is 0 Å². The Labute approximate surface area is 168 Å². The summed E-state index contributed by atoms with van der Waals surface area (Å²) in [6.45, 7) is 9.37. The molecule has 0 heterocycles. The Morgan fingerprint density at radius 2 is 1.89 bits per heavy atom. The van der Waals surface area contributed by atoms with Gasteiger partial charge in [-0.05, 0) is 91.9 Å². The fourth-order valence-electron chi connectivity index (χ4n) is 7.57. The lowest BCUT2D eigenvalue weighted by molar-refractivity contribution is -0.124. The first-order chi connectivity index (χ1) is 12.4. The van der Waals surface area contributed by atoms with Gasteiger partial charge in [-0.3, -0.25) is 4.79 Å². The predicted octanol–water partition coefficient (Wildman–Crippen LogP) is 7.37. The van der Waals surface area contributed by atoms with Gasteiger partial charge in [-0.25, -0.2) is 0 Å². The Bertz CT molecular complexity index is 626. The van der Waals surface area contributed by atoms with E-state index < -0.39 is 0 Å². The summed E-state index contributed by atoms with van der Waals surface area (Å²) in [6.07, 6.45) is 18.5. The number of fused-ring (bicyclic) bond motifs is 5. The van der Waals surface area contributed by atoms with E-state index in [1.807, 2.05) is 6.08 Å². The Hall–Kier alpha value is -0.850. The number of ketones is 1. The van der Waals surface area contributed by atoms with Gasteiger partial charge in [0, 0.05) is 5.92 Å². The third-order valence-electron chi connectivity index (χ3n) is 9.01. The van der Waals surface area contributed by atoms with Crippen molar-refractivity contribution < 1.29 is 4.79 Å². The summed E-state index contributed by atoms with van der Waals surface area (Å²) in [5.74, 6) is 3.62. The van der Waals surface area contributed by atoms with Crippen molar-refractivity contribution in [1.29, 1.82) is 0 Å². The maximum Gasteiger partial charge on any atom is 0.159 e. The fraction of sp³-hybridized carbons (Fsp3) is 0.808. The van der Waals surface area contributed by atoms with Gasteiger partial charge in [0.2, 0.25) is 0 Å². The summed E-state index contributed by atoms with van der Waals surface area (Å²) in [5, 5.41) is 0. The highest BCUT2D eigenvalue weighted by Gasteiger charge is 2.59. The first-order valence-corrected chi connectivity index (χ1v) is 11.3. The molecule has 27 heavy (non-hydrogen) atoms. The van der Waals surface area contributed by atoms with E-state index in [1.165, 1.54) is 51.4 Å². The molecule has 6 atom stereocenters. The summed E-state index contributed by atoms with van der Waals surface area (Å²) < 4.78 is 0. The summed E-state index contributed by atoms with van der Waals surface area (Å²) in [4.78, 5) is 13.0. The highest BCUT2D eigenvalue weighted by atomic mass is 16.1. The van der Waals surface area contributed by atoms with E-state index in [0.717, 1.165) is 24.2 Å². The third-order valence-corrected chi connectivity index (χ3v) is 9.01. The first-order valence-electron chi connectivity index (χ1n) is 11.3. The largest absolute Gasteiger partial charge is 0.295 e. The Morgan fingerprint density at radius 3 is 2.63 bits per heavy atom. The van der Waals surface area contributed by atoms with E-state index in [4.69, 9.17) is 0 Å². The minimum Gasteiger partial charge on any atom is -0.295 e. The van der Waals surface area contributed by atoms with Crippen LogP contribution in [0, 0.1) is 40.4 Å². The second-order valence-corrected chi connectivity index (χ2v) is 10.6. The molecule has 0 saturated heterocycles. The zero-order valence-corrected chi connectivity index (χ0v) is 17.4. The molecule has 3 fully saturated rings. The van der Waals surface area contributed by atoms with Crippen LogP contribution in [-0.4, -0.2) is 5.78 Å². The number of carbonyl (C=O) groups excluding carboxylic acids is 1. The van der Waals surface area contributed by atoms with Gasteiger partial charge in [0.1, 0.15) is 0 Å². The van der Waals surface area contributed by atoms with Crippen LogP contribution in [-0.2, 0) is 4.79 Å². The van der Waals surface area contributed by atoms with E-state index in [9.17, 15) is 4.79 Å². The van der Waals surface area contributed by atoms with Crippen LogP contribution in [0.3, 0.4) is 0 Å². The van der Waals surface area contributed by atoms with E-state index in [-0.39, 0.29) is 18.8 Å². The minimum atomic E-state index is 0. The molecule has 152 valence electrons. The molecule has 0 spiro atoms. The van der Waals surface area contributed by atoms with Crippen molar-refractivity contribution in [2.75, 3.05) is 0 Å². The fourth-order valence-corrected chi connectivity index (χ4v) is 7.57. The van der Waals surface area contributed by atoms with Crippen molar-refractivity contribution in [2.24, 2.45) is 40.4 Å². The van der Waals surface area contributed by atoms with E-state index in [1.54, 1.807) is 5.57 Å². The molecule has 0 aromatic rings. The van der Waals surface area contributed by atoms with E-state index >= 15 is 0 Å². The van der Waals surface area contributed by atoms with Crippen LogP contribution in [0.1, 0.15) is 92.9 Å². The van der Waals surface area contributed by atoms with Crippen molar-refractivity contribution in [3.63, 3.8) is 0 Å². The summed E-state index contributed by atoms with van der Waals surface area (Å²) in [6, 6.07) is 0. The van der Waals surface area contributed by atoms with Gasteiger partial charge in [0.25, 0.3) is 0 Å². The lowest BCUT2D eigenvalue weighted by Crippen LogP contribution is -2.50. The SMILES string of the molecule is C.CC(C)/C=C/C(=O)C1CCC2C3CC=C4CCCCC4(C)C3CCC12C. The highest BCUT2D eigenvalue weighted by Crippen LogP contribution is 2.66. The molecule has 1 heteroatoms. The number of rotatable bonds is 3. The average Bonchev–Trinajstić information content (AvgIpc) is 2.96. The average molecular weight is 371 g/mol. The lowest BCUT2D eigenvalue weighted by Gasteiger charge is -2.57. The quantitative estimate of drug-likeness (QED) is 0.374. The Morgan fingerprint density at radius 1 is 1.11 bits per heavy atom. The zero-order valence-electron chi connectivity index (χ0n) is 17.4. The lowest BCUT2D eigenvalue weighted by atomic mass is 9.47. The molecular weight excluding hydrogens is 328 g/mol. The molecule has 3 saturated carbocycles. The molecule has 4 aliphatic carbocycles. The second-order valence-electron chi connectivity index (χ2n) is 10.6. The van der Waals surface area contributed by atoms with Crippen molar-refractivity contribution in [3.8, 4) is 0 Å². The van der Waals surface area contributed by atoms with Crippen LogP contribution in [0.4, 0.5) is 0 Å². The molecule has 1 nitrogen and oxygen atoms in total. The van der Waals surface area contributed by atoms with Crippen LogP contribution >= 0.6 is 0 Å². The molecule has 0 N–H and O–H groups in total. The molecule has 6 unspecified atom stereocenters. The van der Waals surface area contributed by atoms with Crippen LogP contribution in [0.25, 0.3) is 0 Å². The molecule has 4 rings (SSSR count). The van der Waals surface area contributed by atoms with E-state index in [2.05, 4.69) is 39.8 Å². The first kappa shape index (κ1) is 20.9.